The second kappa shape index (κ2) is 11.0. The predicted octanol–water partition coefficient (Wildman–Crippen LogP) is 6.26. The van der Waals surface area contributed by atoms with Crippen molar-refractivity contribution in [1.82, 2.24) is 30.0 Å². The summed E-state index contributed by atoms with van der Waals surface area (Å²) in [7, 11) is 3.93. The Morgan fingerprint density at radius 1 is 0.953 bits per heavy atom. The first kappa shape index (κ1) is 26.8. The van der Waals surface area contributed by atoms with Gasteiger partial charge < -0.3 is 19.9 Å². The SMILES string of the molecule is CN(C)CCOc1cc(F)cc(-c2cncc3[nH]c(-c4n[nH]c5ccc(-c6cncc(NC(=O)C7CC7)c6)cc45)cc23)c1. The Hall–Kier alpha value is -5.09. The zero-order valence-corrected chi connectivity index (χ0v) is 23.8. The smallest absolute Gasteiger partial charge is 0.227 e. The summed E-state index contributed by atoms with van der Waals surface area (Å²) in [6.07, 6.45) is 8.83. The Kier molecular flexibility index (Phi) is 6.83. The molecule has 7 rings (SSSR count). The number of amides is 1. The average molecular weight is 576 g/mol. The molecule has 2 aromatic carbocycles. The van der Waals surface area contributed by atoms with Crippen molar-refractivity contribution in [1.29, 1.82) is 0 Å². The van der Waals surface area contributed by atoms with E-state index in [1.54, 1.807) is 24.8 Å². The van der Waals surface area contributed by atoms with Crippen LogP contribution >= 0.6 is 0 Å². The van der Waals surface area contributed by atoms with Gasteiger partial charge in [0.1, 0.15) is 23.9 Å². The van der Waals surface area contributed by atoms with E-state index in [2.05, 4.69) is 36.5 Å². The van der Waals surface area contributed by atoms with Gasteiger partial charge in [-0.1, -0.05) is 6.07 Å². The molecule has 1 amide bonds. The number of anilines is 1. The van der Waals surface area contributed by atoms with Crippen LogP contribution in [-0.4, -0.2) is 63.2 Å². The molecule has 10 heteroatoms. The van der Waals surface area contributed by atoms with E-state index in [1.807, 2.05) is 49.3 Å². The zero-order chi connectivity index (χ0) is 29.5. The van der Waals surface area contributed by atoms with Crippen LogP contribution in [0.1, 0.15) is 12.8 Å². The number of nitrogens with zero attached hydrogens (tertiary/aromatic N) is 4. The Bertz CT molecular complexity index is 1980. The summed E-state index contributed by atoms with van der Waals surface area (Å²) in [5.74, 6) is 0.262. The Labute approximate surface area is 247 Å². The van der Waals surface area contributed by atoms with Gasteiger partial charge in [-0.15, -0.1) is 0 Å². The van der Waals surface area contributed by atoms with Crippen LogP contribution in [0.5, 0.6) is 5.75 Å². The quantitative estimate of drug-likeness (QED) is 0.188. The van der Waals surface area contributed by atoms with E-state index < -0.39 is 0 Å². The molecule has 0 unspecified atom stereocenters. The minimum atomic E-state index is -0.374. The summed E-state index contributed by atoms with van der Waals surface area (Å²) in [6, 6.07) is 14.7. The number of H-pyrrole nitrogens is 2. The third-order valence-electron chi connectivity index (χ3n) is 7.64. The molecule has 3 N–H and O–H groups in total. The van der Waals surface area contributed by atoms with Crippen molar-refractivity contribution >= 4 is 33.4 Å². The fourth-order valence-corrected chi connectivity index (χ4v) is 5.21. The van der Waals surface area contributed by atoms with Crippen molar-refractivity contribution in [3.8, 4) is 39.4 Å². The molecule has 0 bridgehead atoms. The summed E-state index contributed by atoms with van der Waals surface area (Å²) >= 11 is 0. The number of aromatic amines is 2. The lowest BCUT2D eigenvalue weighted by molar-refractivity contribution is -0.117. The van der Waals surface area contributed by atoms with Gasteiger partial charge in [-0.2, -0.15) is 5.10 Å². The molecule has 0 radical (unpaired) electrons. The number of carbonyl (C=O) groups excluding carboxylic acids is 1. The number of fused-ring (bicyclic) bond motifs is 2. The van der Waals surface area contributed by atoms with Crippen molar-refractivity contribution < 1.29 is 13.9 Å². The van der Waals surface area contributed by atoms with E-state index in [4.69, 9.17) is 4.74 Å². The van der Waals surface area contributed by atoms with Gasteiger partial charge in [0.15, 0.2) is 0 Å². The van der Waals surface area contributed by atoms with Crippen molar-refractivity contribution in [2.45, 2.75) is 12.8 Å². The summed E-state index contributed by atoms with van der Waals surface area (Å²) in [6.45, 7) is 1.18. The van der Waals surface area contributed by atoms with Crippen LogP contribution in [0.25, 0.3) is 55.4 Å². The lowest BCUT2D eigenvalue weighted by Crippen LogP contribution is -2.19. The molecular formula is C33H30FN7O2. The highest BCUT2D eigenvalue weighted by Crippen LogP contribution is 2.36. The molecule has 6 aromatic rings. The highest BCUT2D eigenvalue weighted by atomic mass is 19.1. The minimum absolute atomic E-state index is 0.0468. The molecule has 0 saturated heterocycles. The van der Waals surface area contributed by atoms with Crippen LogP contribution in [0.15, 0.2) is 73.3 Å². The topological polar surface area (TPSA) is 112 Å². The van der Waals surface area contributed by atoms with E-state index >= 15 is 0 Å². The number of hydrogen-bond acceptors (Lipinski definition) is 6. The third kappa shape index (κ3) is 5.56. The Morgan fingerprint density at radius 3 is 2.65 bits per heavy atom. The monoisotopic (exact) mass is 575 g/mol. The second-order valence-electron chi connectivity index (χ2n) is 11.2. The number of rotatable bonds is 9. The predicted molar refractivity (Wildman–Crippen MR) is 165 cm³/mol. The summed E-state index contributed by atoms with van der Waals surface area (Å²) < 4.78 is 20.5. The second-order valence-corrected chi connectivity index (χ2v) is 11.2. The molecule has 4 aromatic heterocycles. The Morgan fingerprint density at radius 2 is 1.81 bits per heavy atom. The van der Waals surface area contributed by atoms with Crippen molar-refractivity contribution in [3.05, 3.63) is 79.1 Å². The first-order valence-corrected chi connectivity index (χ1v) is 14.2. The molecule has 4 heterocycles. The van der Waals surface area contributed by atoms with Crippen LogP contribution in [0, 0.1) is 11.7 Å². The number of carbonyl (C=O) groups is 1. The van der Waals surface area contributed by atoms with Crippen molar-refractivity contribution in [2.75, 3.05) is 32.6 Å². The maximum atomic E-state index is 14.6. The van der Waals surface area contributed by atoms with Gasteiger partial charge in [0.2, 0.25) is 5.91 Å². The molecule has 1 aliphatic carbocycles. The van der Waals surface area contributed by atoms with E-state index in [0.29, 0.717) is 23.6 Å². The highest BCUT2D eigenvalue weighted by Gasteiger charge is 2.29. The fourth-order valence-electron chi connectivity index (χ4n) is 5.21. The van der Waals surface area contributed by atoms with E-state index in [0.717, 1.165) is 69.3 Å². The number of nitrogens with one attached hydrogen (secondary N) is 3. The van der Waals surface area contributed by atoms with Crippen molar-refractivity contribution in [3.63, 3.8) is 0 Å². The van der Waals surface area contributed by atoms with E-state index in [9.17, 15) is 9.18 Å². The Balaban J connectivity index is 1.23. The summed E-state index contributed by atoms with van der Waals surface area (Å²) in [4.78, 5) is 26.5. The molecule has 1 aliphatic rings. The van der Waals surface area contributed by atoms with E-state index in [1.165, 1.54) is 12.1 Å². The van der Waals surface area contributed by atoms with Crippen LogP contribution in [0.4, 0.5) is 10.1 Å². The lowest BCUT2D eigenvalue weighted by Gasteiger charge is -2.12. The van der Waals surface area contributed by atoms with Gasteiger partial charge in [-0.25, -0.2) is 4.39 Å². The molecule has 1 saturated carbocycles. The van der Waals surface area contributed by atoms with E-state index in [-0.39, 0.29) is 17.6 Å². The standard InChI is InChI=1S/C33H30FN7O2/c1-41(2)7-8-43-25-11-21(9-23(34)13-25)28-17-36-18-31-26(28)14-30(38-31)32-27-12-20(5-6-29(27)39-40-32)22-10-24(16-35-15-22)37-33(42)19-3-4-19/h5-6,9-19,38H,3-4,7-8H2,1-2H3,(H,37,42)(H,39,40). The van der Waals surface area contributed by atoms with Gasteiger partial charge in [0.25, 0.3) is 0 Å². The van der Waals surface area contributed by atoms with Gasteiger partial charge in [-0.05, 0) is 74.5 Å². The largest absolute Gasteiger partial charge is 0.492 e. The van der Waals surface area contributed by atoms with Crippen LogP contribution in [-0.2, 0) is 4.79 Å². The van der Waals surface area contributed by atoms with Crippen LogP contribution in [0.3, 0.4) is 0 Å². The lowest BCUT2D eigenvalue weighted by atomic mass is 10.0. The first-order chi connectivity index (χ1) is 20.9. The normalized spacial score (nSPS) is 13.2. The van der Waals surface area contributed by atoms with Gasteiger partial charge >= 0.3 is 0 Å². The average Bonchev–Trinajstić information content (AvgIpc) is 3.62. The number of ether oxygens (including phenoxy) is 1. The third-order valence-corrected chi connectivity index (χ3v) is 7.64. The maximum Gasteiger partial charge on any atom is 0.227 e. The van der Waals surface area contributed by atoms with Gasteiger partial charge in [0.05, 0.1) is 34.8 Å². The molecule has 216 valence electrons. The molecule has 0 aliphatic heterocycles. The van der Waals surface area contributed by atoms with Gasteiger partial charge in [-0.3, -0.25) is 19.9 Å². The van der Waals surface area contributed by atoms with Crippen LogP contribution in [0.2, 0.25) is 0 Å². The number of pyridine rings is 2. The zero-order valence-electron chi connectivity index (χ0n) is 23.8. The van der Waals surface area contributed by atoms with Crippen LogP contribution < -0.4 is 10.1 Å². The number of benzene rings is 2. The molecule has 0 spiro atoms. The maximum absolute atomic E-state index is 14.6. The first-order valence-electron chi connectivity index (χ1n) is 14.2. The molecule has 1 fully saturated rings. The molecular weight excluding hydrogens is 545 g/mol. The molecule has 9 nitrogen and oxygen atoms in total. The fraction of sp³-hybridized carbons (Fsp3) is 0.212. The molecule has 43 heavy (non-hydrogen) atoms. The summed E-state index contributed by atoms with van der Waals surface area (Å²) in [5.41, 5.74) is 7.22. The number of likely N-dealkylation sites (N-methyl/N-ethyl adjacent to an activating group) is 1. The number of hydrogen-bond donors (Lipinski definition) is 3. The molecule has 0 atom stereocenters. The van der Waals surface area contributed by atoms with Gasteiger partial charge in [0, 0.05) is 52.8 Å². The number of halogens is 1. The minimum Gasteiger partial charge on any atom is -0.492 e. The highest BCUT2D eigenvalue weighted by molar-refractivity contribution is 6.01. The summed E-state index contributed by atoms with van der Waals surface area (Å²) in [5, 5.41) is 12.5. The van der Waals surface area contributed by atoms with Crippen molar-refractivity contribution in [2.24, 2.45) is 5.92 Å². The number of aromatic nitrogens is 5.